The van der Waals surface area contributed by atoms with Gasteiger partial charge in [-0.2, -0.15) is 0 Å². The van der Waals surface area contributed by atoms with Crippen molar-refractivity contribution < 1.29 is 24.0 Å². The molecule has 152 valence electrons. The summed E-state index contributed by atoms with van der Waals surface area (Å²) >= 11 is 5.92. The van der Waals surface area contributed by atoms with Crippen LogP contribution >= 0.6 is 11.6 Å². The number of ether oxygens (including phenoxy) is 2. The van der Waals surface area contributed by atoms with Crippen molar-refractivity contribution in [2.24, 2.45) is 0 Å². The van der Waals surface area contributed by atoms with Gasteiger partial charge in [0.05, 0.1) is 34.0 Å². The third kappa shape index (κ3) is 4.60. The molecule has 8 nitrogen and oxygen atoms in total. The second-order valence-corrected chi connectivity index (χ2v) is 6.35. The van der Waals surface area contributed by atoms with Gasteiger partial charge in [0, 0.05) is 11.6 Å². The van der Waals surface area contributed by atoms with E-state index in [0.29, 0.717) is 11.4 Å². The number of nitro groups is 1. The fraction of sp³-hybridized carbons (Fsp3) is 0.250. The Labute approximate surface area is 172 Å². The molecule has 0 saturated carbocycles. The Morgan fingerprint density at radius 3 is 2.31 bits per heavy atom. The Bertz CT molecular complexity index is 1000. The van der Waals surface area contributed by atoms with Crippen LogP contribution < -0.4 is 0 Å². The zero-order valence-electron chi connectivity index (χ0n) is 16.2. The van der Waals surface area contributed by atoms with Crippen LogP contribution in [0.5, 0.6) is 0 Å². The Balaban J connectivity index is 2.89. The van der Waals surface area contributed by atoms with Gasteiger partial charge >= 0.3 is 11.9 Å². The van der Waals surface area contributed by atoms with Gasteiger partial charge in [-0.3, -0.25) is 15.1 Å². The van der Waals surface area contributed by atoms with Crippen molar-refractivity contribution in [1.29, 1.82) is 0 Å². The standard InChI is InChI=1S/C20H19ClN2O6/c1-5-9-29-20(25)17-12(4)22-11(3)16(19(24)28-6-2)18(17)13-7-8-14(21)15(10-13)23(26)27/h5,7-8,10H,1,6,9H2,2-4H3. The van der Waals surface area contributed by atoms with E-state index in [-0.39, 0.29) is 46.2 Å². The van der Waals surface area contributed by atoms with Crippen molar-refractivity contribution in [3.05, 3.63) is 68.5 Å². The second-order valence-electron chi connectivity index (χ2n) is 5.94. The number of aryl methyl sites for hydroxylation is 2. The first kappa shape index (κ1) is 22.0. The monoisotopic (exact) mass is 418 g/mol. The highest BCUT2D eigenvalue weighted by Gasteiger charge is 2.29. The molecule has 0 amide bonds. The molecule has 0 aliphatic heterocycles. The van der Waals surface area contributed by atoms with Crippen molar-refractivity contribution in [2.75, 3.05) is 13.2 Å². The molecule has 29 heavy (non-hydrogen) atoms. The van der Waals surface area contributed by atoms with Crippen molar-refractivity contribution >= 4 is 29.2 Å². The topological polar surface area (TPSA) is 109 Å². The number of carbonyl (C=O) groups is 2. The summed E-state index contributed by atoms with van der Waals surface area (Å²) in [6.07, 6.45) is 1.40. The Morgan fingerprint density at radius 1 is 1.21 bits per heavy atom. The SMILES string of the molecule is C=CCOC(=O)c1c(C)nc(C)c(C(=O)OCC)c1-c1ccc(Cl)c([N+](=O)[O-])c1. The van der Waals surface area contributed by atoms with Gasteiger partial charge in [-0.15, -0.1) is 0 Å². The number of esters is 2. The van der Waals surface area contributed by atoms with Gasteiger partial charge in [0.2, 0.25) is 0 Å². The molecular formula is C20H19ClN2O6. The number of rotatable bonds is 7. The molecule has 0 fully saturated rings. The van der Waals surface area contributed by atoms with E-state index < -0.39 is 16.9 Å². The van der Waals surface area contributed by atoms with Crippen LogP contribution in [0.4, 0.5) is 5.69 Å². The van der Waals surface area contributed by atoms with Gasteiger partial charge in [0.15, 0.2) is 0 Å². The lowest BCUT2D eigenvalue weighted by Gasteiger charge is -2.17. The van der Waals surface area contributed by atoms with Crippen molar-refractivity contribution in [2.45, 2.75) is 20.8 Å². The molecule has 2 aromatic rings. The minimum Gasteiger partial charge on any atom is -0.462 e. The van der Waals surface area contributed by atoms with E-state index >= 15 is 0 Å². The summed E-state index contributed by atoms with van der Waals surface area (Å²) in [5.74, 6) is -1.45. The Morgan fingerprint density at radius 2 is 1.79 bits per heavy atom. The number of pyridine rings is 1. The molecule has 0 radical (unpaired) electrons. The van der Waals surface area contributed by atoms with Crippen molar-refractivity contribution in [3.8, 4) is 11.1 Å². The Kier molecular flexibility index (Phi) is 7.06. The van der Waals surface area contributed by atoms with Crippen molar-refractivity contribution in [3.63, 3.8) is 0 Å². The molecule has 0 saturated heterocycles. The second kappa shape index (κ2) is 9.29. The van der Waals surface area contributed by atoms with E-state index in [1.54, 1.807) is 20.8 Å². The van der Waals surface area contributed by atoms with Crippen LogP contribution in [0.15, 0.2) is 30.9 Å². The zero-order chi connectivity index (χ0) is 21.7. The quantitative estimate of drug-likeness (QED) is 0.283. The van der Waals surface area contributed by atoms with Gasteiger partial charge in [0.1, 0.15) is 11.6 Å². The van der Waals surface area contributed by atoms with E-state index in [2.05, 4.69) is 11.6 Å². The highest BCUT2D eigenvalue weighted by Crippen LogP contribution is 2.36. The van der Waals surface area contributed by atoms with Crippen LogP contribution in [0.2, 0.25) is 5.02 Å². The first-order valence-electron chi connectivity index (χ1n) is 8.63. The largest absolute Gasteiger partial charge is 0.462 e. The molecule has 0 bridgehead atoms. The molecule has 0 aliphatic carbocycles. The highest BCUT2D eigenvalue weighted by atomic mass is 35.5. The summed E-state index contributed by atoms with van der Waals surface area (Å²) in [6.45, 7) is 8.36. The fourth-order valence-corrected chi connectivity index (χ4v) is 3.04. The molecule has 1 aromatic heterocycles. The lowest BCUT2D eigenvalue weighted by atomic mass is 9.92. The van der Waals surface area contributed by atoms with E-state index in [1.807, 2.05) is 0 Å². The summed E-state index contributed by atoms with van der Waals surface area (Å²) < 4.78 is 10.3. The molecule has 9 heteroatoms. The Hall–Kier alpha value is -3.26. The molecule has 0 unspecified atom stereocenters. The first-order valence-corrected chi connectivity index (χ1v) is 9.01. The number of nitrogens with zero attached hydrogens (tertiary/aromatic N) is 2. The number of benzene rings is 1. The molecular weight excluding hydrogens is 400 g/mol. The maximum absolute atomic E-state index is 12.7. The number of carbonyl (C=O) groups excluding carboxylic acids is 2. The van der Waals surface area contributed by atoms with Gasteiger partial charge in [0.25, 0.3) is 5.69 Å². The third-order valence-corrected chi connectivity index (χ3v) is 4.33. The fourth-order valence-electron chi connectivity index (χ4n) is 2.86. The zero-order valence-corrected chi connectivity index (χ0v) is 16.9. The van der Waals surface area contributed by atoms with Crippen LogP contribution in [-0.2, 0) is 9.47 Å². The summed E-state index contributed by atoms with van der Waals surface area (Å²) in [6, 6.07) is 4.01. The van der Waals surface area contributed by atoms with Gasteiger partial charge < -0.3 is 9.47 Å². The lowest BCUT2D eigenvalue weighted by Crippen LogP contribution is -2.17. The van der Waals surface area contributed by atoms with Crippen molar-refractivity contribution in [1.82, 2.24) is 4.98 Å². The minimum absolute atomic E-state index is 0.0112. The smallest absolute Gasteiger partial charge is 0.340 e. The van der Waals surface area contributed by atoms with E-state index in [0.717, 1.165) is 0 Å². The van der Waals surface area contributed by atoms with Gasteiger partial charge in [-0.05, 0) is 32.4 Å². The number of hydrogen-bond acceptors (Lipinski definition) is 7. The third-order valence-electron chi connectivity index (χ3n) is 4.01. The van der Waals surface area contributed by atoms with Crippen LogP contribution in [0.1, 0.15) is 39.0 Å². The predicted molar refractivity (Wildman–Crippen MR) is 107 cm³/mol. The average molecular weight is 419 g/mol. The lowest BCUT2D eigenvalue weighted by molar-refractivity contribution is -0.384. The van der Waals surface area contributed by atoms with E-state index in [9.17, 15) is 19.7 Å². The van der Waals surface area contributed by atoms with Crippen LogP contribution in [0, 0.1) is 24.0 Å². The molecule has 1 heterocycles. The number of aromatic nitrogens is 1. The molecule has 0 spiro atoms. The molecule has 0 aliphatic rings. The normalized spacial score (nSPS) is 10.3. The molecule has 0 N–H and O–H groups in total. The van der Waals surface area contributed by atoms with Crippen LogP contribution in [0.3, 0.4) is 0 Å². The van der Waals surface area contributed by atoms with Crippen LogP contribution in [-0.4, -0.2) is 35.1 Å². The summed E-state index contributed by atoms with van der Waals surface area (Å²) in [7, 11) is 0. The summed E-state index contributed by atoms with van der Waals surface area (Å²) in [4.78, 5) is 40.3. The van der Waals surface area contributed by atoms with Gasteiger partial charge in [-0.25, -0.2) is 9.59 Å². The average Bonchev–Trinajstić information content (AvgIpc) is 2.65. The first-order chi connectivity index (χ1) is 13.7. The number of nitro benzene ring substituents is 1. The minimum atomic E-state index is -0.743. The molecule has 1 aromatic carbocycles. The molecule has 2 rings (SSSR count). The number of hydrogen-bond donors (Lipinski definition) is 0. The summed E-state index contributed by atoms with van der Waals surface area (Å²) in [5.41, 5.74) is 0.671. The van der Waals surface area contributed by atoms with Gasteiger partial charge in [-0.1, -0.05) is 30.3 Å². The van der Waals surface area contributed by atoms with E-state index in [4.69, 9.17) is 21.1 Å². The maximum Gasteiger partial charge on any atom is 0.340 e. The summed E-state index contributed by atoms with van der Waals surface area (Å²) in [5, 5.41) is 11.3. The molecule has 0 atom stereocenters. The predicted octanol–water partition coefficient (Wildman–Crippen LogP) is 4.45. The highest BCUT2D eigenvalue weighted by molar-refractivity contribution is 6.32. The van der Waals surface area contributed by atoms with Crippen LogP contribution in [0.25, 0.3) is 11.1 Å². The van der Waals surface area contributed by atoms with E-state index in [1.165, 1.54) is 24.3 Å². The maximum atomic E-state index is 12.7. The number of halogens is 1.